The van der Waals surface area contributed by atoms with E-state index >= 15 is 0 Å². The van der Waals surface area contributed by atoms with Gasteiger partial charge in [0.1, 0.15) is 5.15 Å². The zero-order chi connectivity index (χ0) is 14.0. The predicted octanol–water partition coefficient (Wildman–Crippen LogP) is 5.09. The first-order valence-electron chi connectivity index (χ1n) is 6.35. The average molecular weight is 387 g/mol. The Morgan fingerprint density at radius 1 is 1.16 bits per heavy atom. The van der Waals surface area contributed by atoms with Crippen LogP contribution in [0.2, 0.25) is 5.15 Å². The summed E-state index contributed by atoms with van der Waals surface area (Å²) >= 11 is 8.42. The minimum Gasteiger partial charge on any atom is -0.232 e. The molecule has 19 heavy (non-hydrogen) atoms. The number of aryl methyl sites for hydroxylation is 1. The summed E-state index contributed by atoms with van der Waals surface area (Å²) in [5, 5.41) is 0.536. The van der Waals surface area contributed by atoms with Crippen molar-refractivity contribution in [1.82, 2.24) is 9.97 Å². The second-order valence-electron chi connectivity index (χ2n) is 4.74. The first-order chi connectivity index (χ1) is 9.02. The number of nitrogens with zero attached hydrogens (tertiary/aromatic N) is 2. The van der Waals surface area contributed by atoms with E-state index < -0.39 is 0 Å². The largest absolute Gasteiger partial charge is 0.232 e. The fourth-order valence-corrected chi connectivity index (χ4v) is 2.88. The molecule has 0 atom stereocenters. The number of hydrogen-bond donors (Lipinski definition) is 0. The van der Waals surface area contributed by atoms with Crippen LogP contribution >= 0.6 is 34.2 Å². The first-order valence-corrected chi connectivity index (χ1v) is 7.80. The van der Waals surface area contributed by atoms with E-state index in [4.69, 9.17) is 11.6 Å². The van der Waals surface area contributed by atoms with Gasteiger partial charge in [0.15, 0.2) is 5.82 Å². The molecular formula is C15H16ClIN2. The second kappa shape index (κ2) is 6.18. The molecule has 0 saturated carbocycles. The number of halogens is 2. The number of benzene rings is 1. The van der Waals surface area contributed by atoms with Crippen molar-refractivity contribution >= 4 is 34.2 Å². The Morgan fingerprint density at radius 3 is 2.32 bits per heavy atom. The van der Waals surface area contributed by atoms with Crippen LogP contribution in [0.4, 0.5) is 0 Å². The van der Waals surface area contributed by atoms with Crippen molar-refractivity contribution in [3.05, 3.63) is 44.2 Å². The lowest BCUT2D eigenvalue weighted by atomic mass is 10.1. The highest BCUT2D eigenvalue weighted by Gasteiger charge is 2.14. The van der Waals surface area contributed by atoms with Crippen LogP contribution in [0.5, 0.6) is 0 Å². The van der Waals surface area contributed by atoms with Gasteiger partial charge in [0.25, 0.3) is 0 Å². The molecule has 0 aliphatic heterocycles. The molecule has 0 spiro atoms. The summed E-state index contributed by atoms with van der Waals surface area (Å²) in [7, 11) is 0. The normalized spacial score (nSPS) is 11.1. The zero-order valence-electron chi connectivity index (χ0n) is 11.2. The third-order valence-corrected chi connectivity index (χ3v) is 4.66. The quantitative estimate of drug-likeness (QED) is 0.542. The molecule has 0 radical (unpaired) electrons. The van der Waals surface area contributed by atoms with Crippen LogP contribution in [0, 0.1) is 3.57 Å². The van der Waals surface area contributed by atoms with E-state index in [2.05, 4.69) is 77.6 Å². The van der Waals surface area contributed by atoms with Gasteiger partial charge in [0, 0.05) is 5.56 Å². The highest BCUT2D eigenvalue weighted by molar-refractivity contribution is 14.1. The Morgan fingerprint density at radius 2 is 1.79 bits per heavy atom. The third-order valence-electron chi connectivity index (χ3n) is 3.00. The van der Waals surface area contributed by atoms with Gasteiger partial charge in [-0.2, -0.15) is 0 Å². The Kier molecular flexibility index (Phi) is 4.79. The molecule has 0 fully saturated rings. The van der Waals surface area contributed by atoms with Crippen molar-refractivity contribution in [3.63, 3.8) is 0 Å². The van der Waals surface area contributed by atoms with Crippen molar-refractivity contribution in [1.29, 1.82) is 0 Å². The molecule has 4 heteroatoms. The molecule has 0 bridgehead atoms. The fraction of sp³-hybridized carbons (Fsp3) is 0.333. The van der Waals surface area contributed by atoms with Gasteiger partial charge >= 0.3 is 0 Å². The lowest BCUT2D eigenvalue weighted by Gasteiger charge is -2.11. The zero-order valence-corrected chi connectivity index (χ0v) is 14.2. The maximum absolute atomic E-state index is 6.21. The van der Waals surface area contributed by atoms with Crippen LogP contribution in [0.1, 0.15) is 37.9 Å². The summed E-state index contributed by atoms with van der Waals surface area (Å²) in [5.41, 5.74) is 3.33. The van der Waals surface area contributed by atoms with E-state index in [1.807, 2.05) is 0 Å². The molecule has 1 aromatic carbocycles. The van der Waals surface area contributed by atoms with Crippen molar-refractivity contribution in [2.24, 2.45) is 0 Å². The van der Waals surface area contributed by atoms with E-state index in [1.165, 1.54) is 5.56 Å². The van der Waals surface area contributed by atoms with Crippen LogP contribution in [0.3, 0.4) is 0 Å². The highest BCUT2D eigenvalue weighted by Crippen LogP contribution is 2.28. The number of hydrogen-bond acceptors (Lipinski definition) is 2. The van der Waals surface area contributed by atoms with E-state index in [1.54, 1.807) is 0 Å². The summed E-state index contributed by atoms with van der Waals surface area (Å²) in [4.78, 5) is 9.04. The Labute approximate surface area is 132 Å². The molecule has 0 unspecified atom stereocenters. The lowest BCUT2D eigenvalue weighted by Crippen LogP contribution is -2.02. The standard InChI is InChI=1S/C15H16ClIN2/c1-4-10-5-7-11(8-6-10)15-18-13(9(2)3)12(17)14(16)19-15/h5-9H,4H2,1-3H3. The van der Waals surface area contributed by atoms with Gasteiger partial charge in [0.2, 0.25) is 0 Å². The Balaban J connectivity index is 2.49. The smallest absolute Gasteiger partial charge is 0.161 e. The van der Waals surface area contributed by atoms with Gasteiger partial charge in [-0.3, -0.25) is 0 Å². The SMILES string of the molecule is CCc1ccc(-c2nc(Cl)c(I)c(C(C)C)n2)cc1. The molecule has 1 heterocycles. The minimum absolute atomic E-state index is 0.334. The summed E-state index contributed by atoms with van der Waals surface area (Å²) in [6, 6.07) is 8.34. The van der Waals surface area contributed by atoms with E-state index in [0.29, 0.717) is 16.9 Å². The molecule has 0 aliphatic rings. The van der Waals surface area contributed by atoms with Gasteiger partial charge in [-0.1, -0.05) is 56.6 Å². The monoisotopic (exact) mass is 386 g/mol. The number of aromatic nitrogens is 2. The third kappa shape index (κ3) is 3.26. The molecule has 2 aromatic rings. The van der Waals surface area contributed by atoms with Crippen LogP contribution in [-0.4, -0.2) is 9.97 Å². The summed E-state index contributed by atoms with van der Waals surface area (Å²) in [6.07, 6.45) is 1.03. The minimum atomic E-state index is 0.334. The highest BCUT2D eigenvalue weighted by atomic mass is 127. The van der Waals surface area contributed by atoms with Crippen molar-refractivity contribution in [2.75, 3.05) is 0 Å². The molecule has 2 rings (SSSR count). The molecule has 0 saturated heterocycles. The maximum Gasteiger partial charge on any atom is 0.161 e. The molecule has 100 valence electrons. The predicted molar refractivity (Wildman–Crippen MR) is 88.7 cm³/mol. The molecule has 0 amide bonds. The summed E-state index contributed by atoms with van der Waals surface area (Å²) in [6.45, 7) is 6.37. The van der Waals surface area contributed by atoms with Crippen LogP contribution in [-0.2, 0) is 6.42 Å². The van der Waals surface area contributed by atoms with Crippen LogP contribution in [0.15, 0.2) is 24.3 Å². The van der Waals surface area contributed by atoms with Crippen molar-refractivity contribution < 1.29 is 0 Å². The van der Waals surface area contributed by atoms with Gasteiger partial charge in [-0.05, 0) is 40.5 Å². The lowest BCUT2D eigenvalue weighted by molar-refractivity contribution is 0.808. The fourth-order valence-electron chi connectivity index (χ4n) is 1.84. The van der Waals surface area contributed by atoms with E-state index in [-0.39, 0.29) is 0 Å². The van der Waals surface area contributed by atoms with Gasteiger partial charge in [0.05, 0.1) is 9.26 Å². The topological polar surface area (TPSA) is 25.8 Å². The van der Waals surface area contributed by atoms with Crippen LogP contribution in [0.25, 0.3) is 11.4 Å². The van der Waals surface area contributed by atoms with Gasteiger partial charge < -0.3 is 0 Å². The average Bonchev–Trinajstić information content (AvgIpc) is 2.41. The van der Waals surface area contributed by atoms with E-state index in [0.717, 1.165) is 21.2 Å². The maximum atomic E-state index is 6.21. The van der Waals surface area contributed by atoms with Crippen molar-refractivity contribution in [2.45, 2.75) is 33.1 Å². The van der Waals surface area contributed by atoms with Crippen LogP contribution < -0.4 is 0 Å². The first kappa shape index (κ1) is 14.7. The van der Waals surface area contributed by atoms with Gasteiger partial charge in [-0.25, -0.2) is 9.97 Å². The molecular weight excluding hydrogens is 371 g/mol. The molecule has 0 aliphatic carbocycles. The number of rotatable bonds is 3. The molecule has 1 aromatic heterocycles. The Bertz CT molecular complexity index is 579. The summed E-state index contributed by atoms with van der Waals surface area (Å²) in [5.74, 6) is 1.04. The van der Waals surface area contributed by atoms with Crippen molar-refractivity contribution in [3.8, 4) is 11.4 Å². The molecule has 2 nitrogen and oxygen atoms in total. The molecule has 0 N–H and O–H groups in total. The summed E-state index contributed by atoms with van der Waals surface area (Å²) < 4.78 is 0.947. The second-order valence-corrected chi connectivity index (χ2v) is 6.18. The van der Waals surface area contributed by atoms with E-state index in [9.17, 15) is 0 Å². The van der Waals surface area contributed by atoms with Gasteiger partial charge in [-0.15, -0.1) is 0 Å². The Hall–Kier alpha value is -0.680.